The molecule has 2 aromatic rings. The van der Waals surface area contributed by atoms with E-state index in [1.54, 1.807) is 12.1 Å². The van der Waals surface area contributed by atoms with Crippen LogP contribution in [0.1, 0.15) is 5.56 Å². The van der Waals surface area contributed by atoms with Crippen LogP contribution in [0.5, 0.6) is 0 Å². The van der Waals surface area contributed by atoms with Gasteiger partial charge < -0.3 is 5.32 Å². The van der Waals surface area contributed by atoms with E-state index in [1.807, 2.05) is 13.0 Å². The number of aromatic nitrogens is 2. The Morgan fingerprint density at radius 3 is 2.59 bits per heavy atom. The number of hydrogen-bond acceptors (Lipinski definition) is 3. The second-order valence-electron chi connectivity index (χ2n) is 3.43. The SMILES string of the molecule is Cc1cc(Cl)c(Nc2cc(Br)ncn2)cc1Cl. The molecule has 0 radical (unpaired) electrons. The van der Waals surface area contributed by atoms with Gasteiger partial charge in [-0.25, -0.2) is 9.97 Å². The minimum absolute atomic E-state index is 0.599. The number of benzene rings is 1. The largest absolute Gasteiger partial charge is 0.339 e. The zero-order chi connectivity index (χ0) is 12.4. The smallest absolute Gasteiger partial charge is 0.134 e. The summed E-state index contributed by atoms with van der Waals surface area (Å²) in [6.07, 6.45) is 1.45. The number of hydrogen-bond donors (Lipinski definition) is 1. The van der Waals surface area contributed by atoms with Crippen molar-refractivity contribution in [2.24, 2.45) is 0 Å². The van der Waals surface area contributed by atoms with E-state index in [9.17, 15) is 0 Å². The van der Waals surface area contributed by atoms with Crippen LogP contribution in [0.15, 0.2) is 29.1 Å². The topological polar surface area (TPSA) is 37.8 Å². The van der Waals surface area contributed by atoms with Crippen molar-refractivity contribution in [1.29, 1.82) is 0 Å². The van der Waals surface area contributed by atoms with Crippen LogP contribution in [0.4, 0.5) is 11.5 Å². The highest BCUT2D eigenvalue weighted by Gasteiger charge is 2.06. The molecule has 1 heterocycles. The molecule has 0 aliphatic carbocycles. The molecule has 0 amide bonds. The standard InChI is InChI=1S/C11H8BrCl2N3/c1-6-2-8(14)9(3-7(6)13)17-11-4-10(12)15-5-16-11/h2-5H,1H3,(H,15,16,17). The molecule has 6 heteroatoms. The summed E-state index contributed by atoms with van der Waals surface area (Å²) in [4.78, 5) is 8.02. The van der Waals surface area contributed by atoms with Crippen molar-refractivity contribution in [3.63, 3.8) is 0 Å². The van der Waals surface area contributed by atoms with E-state index in [2.05, 4.69) is 31.2 Å². The third-order valence-corrected chi connectivity index (χ3v) is 3.30. The Morgan fingerprint density at radius 1 is 1.12 bits per heavy atom. The van der Waals surface area contributed by atoms with Crippen LogP contribution in [0.3, 0.4) is 0 Å². The van der Waals surface area contributed by atoms with Crippen molar-refractivity contribution >= 4 is 50.6 Å². The molecule has 3 nitrogen and oxygen atoms in total. The molecule has 0 aliphatic heterocycles. The van der Waals surface area contributed by atoms with E-state index in [0.29, 0.717) is 26.2 Å². The molecular formula is C11H8BrCl2N3. The van der Waals surface area contributed by atoms with Gasteiger partial charge in [0.2, 0.25) is 0 Å². The molecule has 0 spiro atoms. The van der Waals surface area contributed by atoms with Crippen molar-refractivity contribution in [2.45, 2.75) is 6.92 Å². The Balaban J connectivity index is 2.33. The summed E-state index contributed by atoms with van der Waals surface area (Å²) in [5.41, 5.74) is 1.65. The first-order valence-corrected chi connectivity index (χ1v) is 6.31. The first kappa shape index (κ1) is 12.6. The summed E-state index contributed by atoms with van der Waals surface area (Å²) in [6.45, 7) is 1.90. The first-order chi connectivity index (χ1) is 8.06. The lowest BCUT2D eigenvalue weighted by Crippen LogP contribution is -1.95. The minimum Gasteiger partial charge on any atom is -0.339 e. The Hall–Kier alpha value is -0.840. The lowest BCUT2D eigenvalue weighted by molar-refractivity contribution is 1.14. The molecule has 0 atom stereocenters. The van der Waals surface area contributed by atoms with E-state index in [4.69, 9.17) is 23.2 Å². The summed E-state index contributed by atoms with van der Waals surface area (Å²) in [7, 11) is 0. The van der Waals surface area contributed by atoms with Gasteiger partial charge in [-0.2, -0.15) is 0 Å². The second-order valence-corrected chi connectivity index (χ2v) is 5.06. The first-order valence-electron chi connectivity index (χ1n) is 4.76. The van der Waals surface area contributed by atoms with Crippen molar-refractivity contribution in [1.82, 2.24) is 9.97 Å². The van der Waals surface area contributed by atoms with E-state index < -0.39 is 0 Å². The maximum Gasteiger partial charge on any atom is 0.134 e. The summed E-state index contributed by atoms with van der Waals surface area (Å²) in [5, 5.41) is 4.34. The van der Waals surface area contributed by atoms with E-state index >= 15 is 0 Å². The molecule has 17 heavy (non-hydrogen) atoms. The van der Waals surface area contributed by atoms with Gasteiger partial charge in [-0.15, -0.1) is 0 Å². The average molecular weight is 333 g/mol. The van der Waals surface area contributed by atoms with Crippen LogP contribution in [0, 0.1) is 6.92 Å². The van der Waals surface area contributed by atoms with Crippen LogP contribution in [0.25, 0.3) is 0 Å². The summed E-state index contributed by atoms with van der Waals surface area (Å²) < 4.78 is 0.698. The van der Waals surface area contributed by atoms with Crippen LogP contribution in [-0.2, 0) is 0 Å². The minimum atomic E-state index is 0.599. The number of nitrogens with one attached hydrogen (secondary N) is 1. The van der Waals surface area contributed by atoms with E-state index in [1.165, 1.54) is 6.33 Å². The van der Waals surface area contributed by atoms with Crippen LogP contribution in [0.2, 0.25) is 10.0 Å². The molecule has 0 fully saturated rings. The maximum absolute atomic E-state index is 6.11. The lowest BCUT2D eigenvalue weighted by Gasteiger charge is -2.09. The van der Waals surface area contributed by atoms with Crippen molar-refractivity contribution in [3.05, 3.63) is 44.7 Å². The van der Waals surface area contributed by atoms with Gasteiger partial charge >= 0.3 is 0 Å². The Bertz CT molecular complexity index is 560. The predicted octanol–water partition coefficient (Wildman–Crippen LogP) is 4.60. The fourth-order valence-corrected chi connectivity index (χ4v) is 2.02. The van der Waals surface area contributed by atoms with Crippen LogP contribution < -0.4 is 5.32 Å². The predicted molar refractivity (Wildman–Crippen MR) is 74.2 cm³/mol. The highest BCUT2D eigenvalue weighted by atomic mass is 79.9. The molecule has 0 bridgehead atoms. The third-order valence-electron chi connectivity index (χ3n) is 2.14. The number of aryl methyl sites for hydroxylation is 1. The summed E-state index contributed by atoms with van der Waals surface area (Å²) in [6, 6.07) is 5.34. The van der Waals surface area contributed by atoms with Crippen molar-refractivity contribution in [2.75, 3.05) is 5.32 Å². The zero-order valence-electron chi connectivity index (χ0n) is 8.84. The molecule has 1 aromatic carbocycles. The molecule has 88 valence electrons. The maximum atomic E-state index is 6.11. The molecule has 0 unspecified atom stereocenters. The lowest BCUT2D eigenvalue weighted by atomic mass is 10.2. The Labute approximate surface area is 117 Å². The molecular weight excluding hydrogens is 325 g/mol. The average Bonchev–Trinajstić information content (AvgIpc) is 2.26. The van der Waals surface area contributed by atoms with Gasteiger partial charge in [-0.3, -0.25) is 0 Å². The van der Waals surface area contributed by atoms with Gasteiger partial charge in [0.15, 0.2) is 0 Å². The van der Waals surface area contributed by atoms with Gasteiger partial charge in [0.25, 0.3) is 0 Å². The second kappa shape index (κ2) is 5.21. The number of anilines is 2. The molecule has 2 rings (SSSR count). The summed E-state index contributed by atoms with van der Waals surface area (Å²) >= 11 is 15.4. The fourth-order valence-electron chi connectivity index (χ4n) is 1.28. The van der Waals surface area contributed by atoms with Crippen molar-refractivity contribution < 1.29 is 0 Å². The third kappa shape index (κ3) is 3.09. The van der Waals surface area contributed by atoms with E-state index in [0.717, 1.165) is 5.56 Å². The normalized spacial score (nSPS) is 10.4. The summed E-state index contributed by atoms with van der Waals surface area (Å²) in [5.74, 6) is 0.647. The number of nitrogens with zero attached hydrogens (tertiary/aromatic N) is 2. The highest BCUT2D eigenvalue weighted by molar-refractivity contribution is 9.10. The van der Waals surface area contributed by atoms with Crippen LogP contribution >= 0.6 is 39.1 Å². The van der Waals surface area contributed by atoms with Gasteiger partial charge in [0, 0.05) is 11.1 Å². The quantitative estimate of drug-likeness (QED) is 0.817. The molecule has 1 N–H and O–H groups in total. The van der Waals surface area contributed by atoms with Crippen molar-refractivity contribution in [3.8, 4) is 0 Å². The Kier molecular flexibility index (Phi) is 3.86. The Morgan fingerprint density at radius 2 is 1.88 bits per heavy atom. The molecule has 0 saturated heterocycles. The monoisotopic (exact) mass is 331 g/mol. The molecule has 1 aromatic heterocycles. The highest BCUT2D eigenvalue weighted by Crippen LogP contribution is 2.30. The zero-order valence-corrected chi connectivity index (χ0v) is 11.9. The van der Waals surface area contributed by atoms with E-state index in [-0.39, 0.29) is 0 Å². The van der Waals surface area contributed by atoms with Gasteiger partial charge in [-0.05, 0) is 40.5 Å². The number of halogens is 3. The van der Waals surface area contributed by atoms with Gasteiger partial charge in [0.1, 0.15) is 16.7 Å². The fraction of sp³-hybridized carbons (Fsp3) is 0.0909. The van der Waals surface area contributed by atoms with Gasteiger partial charge in [-0.1, -0.05) is 23.2 Å². The van der Waals surface area contributed by atoms with Gasteiger partial charge in [0.05, 0.1) is 10.7 Å². The number of rotatable bonds is 2. The van der Waals surface area contributed by atoms with Crippen LogP contribution in [-0.4, -0.2) is 9.97 Å². The molecule has 0 saturated carbocycles. The molecule has 0 aliphatic rings.